The Balaban J connectivity index is 1.91. The van der Waals surface area contributed by atoms with Crippen molar-refractivity contribution < 1.29 is 4.74 Å². The zero-order valence-electron chi connectivity index (χ0n) is 12.1. The molecule has 2 N–H and O–H groups in total. The number of nitrogens with zero attached hydrogens (tertiary/aromatic N) is 1. The summed E-state index contributed by atoms with van der Waals surface area (Å²) in [5, 5.41) is 0. The van der Waals surface area contributed by atoms with Crippen LogP contribution in [0.15, 0.2) is 0 Å². The third kappa shape index (κ3) is 3.69. The number of methoxy groups -OCH3 is 1. The highest BCUT2D eigenvalue weighted by atomic mass is 16.5. The lowest BCUT2D eigenvalue weighted by atomic mass is 9.78. The zero-order valence-corrected chi connectivity index (χ0v) is 12.1. The largest absolute Gasteiger partial charge is 0.383 e. The highest BCUT2D eigenvalue weighted by Gasteiger charge is 2.37. The molecule has 0 aromatic rings. The third-order valence-electron chi connectivity index (χ3n) is 4.84. The van der Waals surface area contributed by atoms with Gasteiger partial charge in [0.25, 0.3) is 0 Å². The molecule has 0 aromatic heterocycles. The van der Waals surface area contributed by atoms with Crippen LogP contribution in [-0.2, 0) is 4.74 Å². The Hall–Kier alpha value is -0.120. The lowest BCUT2D eigenvalue weighted by molar-refractivity contribution is 0.0727. The molecule has 2 saturated carbocycles. The first-order valence-corrected chi connectivity index (χ1v) is 7.71. The SMILES string of the molecule is COCCN(C1CC1)C(CN)C1CCC(C)CC1. The van der Waals surface area contributed by atoms with E-state index in [-0.39, 0.29) is 0 Å². The fraction of sp³-hybridized carbons (Fsp3) is 1.00. The first-order valence-electron chi connectivity index (χ1n) is 7.71. The molecule has 18 heavy (non-hydrogen) atoms. The van der Waals surface area contributed by atoms with Crippen LogP contribution >= 0.6 is 0 Å². The zero-order chi connectivity index (χ0) is 13.0. The van der Waals surface area contributed by atoms with Crippen molar-refractivity contribution in [2.24, 2.45) is 17.6 Å². The Morgan fingerprint density at radius 2 is 1.83 bits per heavy atom. The lowest BCUT2D eigenvalue weighted by Crippen LogP contribution is -2.49. The fourth-order valence-electron chi connectivity index (χ4n) is 3.49. The maximum atomic E-state index is 6.09. The van der Waals surface area contributed by atoms with E-state index < -0.39 is 0 Å². The molecule has 0 heterocycles. The summed E-state index contributed by atoms with van der Waals surface area (Å²) in [5.41, 5.74) is 6.09. The average molecular weight is 254 g/mol. The molecule has 1 atom stereocenters. The monoisotopic (exact) mass is 254 g/mol. The van der Waals surface area contributed by atoms with Crippen LogP contribution in [0, 0.1) is 11.8 Å². The minimum Gasteiger partial charge on any atom is -0.383 e. The van der Waals surface area contributed by atoms with E-state index in [4.69, 9.17) is 10.5 Å². The summed E-state index contributed by atoms with van der Waals surface area (Å²) in [7, 11) is 1.80. The van der Waals surface area contributed by atoms with E-state index in [2.05, 4.69) is 11.8 Å². The van der Waals surface area contributed by atoms with Crippen LogP contribution in [0.2, 0.25) is 0 Å². The van der Waals surface area contributed by atoms with Crippen LogP contribution in [0.1, 0.15) is 45.4 Å². The number of rotatable bonds is 7. The van der Waals surface area contributed by atoms with Crippen molar-refractivity contribution in [1.82, 2.24) is 4.90 Å². The van der Waals surface area contributed by atoms with Crippen molar-refractivity contribution in [3.05, 3.63) is 0 Å². The van der Waals surface area contributed by atoms with Gasteiger partial charge in [-0.05, 0) is 37.5 Å². The summed E-state index contributed by atoms with van der Waals surface area (Å²) in [6, 6.07) is 1.40. The second-order valence-corrected chi connectivity index (χ2v) is 6.28. The molecule has 3 nitrogen and oxygen atoms in total. The molecule has 3 heteroatoms. The summed E-state index contributed by atoms with van der Waals surface area (Å²) in [5.74, 6) is 1.75. The predicted molar refractivity (Wildman–Crippen MR) is 75.6 cm³/mol. The van der Waals surface area contributed by atoms with Crippen molar-refractivity contribution in [1.29, 1.82) is 0 Å². The third-order valence-corrected chi connectivity index (χ3v) is 4.84. The smallest absolute Gasteiger partial charge is 0.0589 e. The van der Waals surface area contributed by atoms with Crippen LogP contribution in [-0.4, -0.2) is 43.8 Å². The van der Waals surface area contributed by atoms with E-state index in [0.29, 0.717) is 6.04 Å². The molecule has 0 bridgehead atoms. The van der Waals surface area contributed by atoms with Gasteiger partial charge in [0.1, 0.15) is 0 Å². The quantitative estimate of drug-likeness (QED) is 0.757. The number of ether oxygens (including phenoxy) is 1. The molecule has 2 aliphatic carbocycles. The van der Waals surface area contributed by atoms with Gasteiger partial charge in [-0.1, -0.05) is 19.8 Å². The second-order valence-electron chi connectivity index (χ2n) is 6.28. The molecule has 1 unspecified atom stereocenters. The first-order chi connectivity index (χ1) is 8.76. The van der Waals surface area contributed by atoms with Gasteiger partial charge in [-0.2, -0.15) is 0 Å². The Kier molecular flexibility index (Phi) is 5.46. The Morgan fingerprint density at radius 1 is 1.17 bits per heavy atom. The molecule has 2 rings (SSSR count). The van der Waals surface area contributed by atoms with E-state index in [0.717, 1.165) is 37.6 Å². The maximum absolute atomic E-state index is 6.09. The van der Waals surface area contributed by atoms with Crippen LogP contribution < -0.4 is 5.73 Å². The minimum absolute atomic E-state index is 0.597. The van der Waals surface area contributed by atoms with Crippen molar-refractivity contribution in [3.8, 4) is 0 Å². The van der Waals surface area contributed by atoms with Crippen LogP contribution in [0.3, 0.4) is 0 Å². The summed E-state index contributed by atoms with van der Waals surface area (Å²) < 4.78 is 5.27. The van der Waals surface area contributed by atoms with Gasteiger partial charge in [0.05, 0.1) is 6.61 Å². The van der Waals surface area contributed by atoms with Gasteiger partial charge in [0, 0.05) is 32.3 Å². The molecule has 0 aliphatic heterocycles. The van der Waals surface area contributed by atoms with E-state index in [1.807, 2.05) is 0 Å². The predicted octanol–water partition coefficient (Wildman–Crippen LogP) is 2.25. The second kappa shape index (κ2) is 6.88. The highest BCUT2D eigenvalue weighted by Crippen LogP contribution is 2.36. The molecular formula is C15H30N2O. The number of nitrogens with two attached hydrogens (primary N) is 1. The average Bonchev–Trinajstić information content (AvgIpc) is 3.20. The molecule has 0 saturated heterocycles. The van der Waals surface area contributed by atoms with Gasteiger partial charge < -0.3 is 10.5 Å². The van der Waals surface area contributed by atoms with E-state index in [1.165, 1.54) is 38.5 Å². The number of hydrogen-bond donors (Lipinski definition) is 1. The van der Waals surface area contributed by atoms with Gasteiger partial charge in [0.15, 0.2) is 0 Å². The minimum atomic E-state index is 0.597. The summed E-state index contributed by atoms with van der Waals surface area (Å²) >= 11 is 0. The molecule has 106 valence electrons. The van der Waals surface area contributed by atoms with Crippen molar-refractivity contribution >= 4 is 0 Å². The van der Waals surface area contributed by atoms with Crippen molar-refractivity contribution in [2.75, 3.05) is 26.8 Å². The Morgan fingerprint density at radius 3 is 2.33 bits per heavy atom. The Labute approximate surface area is 112 Å². The van der Waals surface area contributed by atoms with Crippen molar-refractivity contribution in [3.63, 3.8) is 0 Å². The van der Waals surface area contributed by atoms with Gasteiger partial charge in [-0.3, -0.25) is 4.90 Å². The molecule has 2 aliphatic rings. The van der Waals surface area contributed by atoms with Crippen LogP contribution in [0.5, 0.6) is 0 Å². The number of hydrogen-bond acceptors (Lipinski definition) is 3. The molecule has 0 aromatic carbocycles. The van der Waals surface area contributed by atoms with E-state index in [9.17, 15) is 0 Å². The molecule has 0 radical (unpaired) electrons. The van der Waals surface area contributed by atoms with Crippen molar-refractivity contribution in [2.45, 2.75) is 57.5 Å². The standard InChI is InChI=1S/C15H30N2O/c1-12-3-5-13(6-4-12)15(11-16)17(9-10-18-2)14-7-8-14/h12-15H,3-11,16H2,1-2H3. The topological polar surface area (TPSA) is 38.5 Å². The van der Waals surface area contributed by atoms with Gasteiger partial charge in [-0.25, -0.2) is 0 Å². The first kappa shape index (κ1) is 14.3. The fourth-order valence-corrected chi connectivity index (χ4v) is 3.49. The highest BCUT2D eigenvalue weighted by molar-refractivity contribution is 4.92. The van der Waals surface area contributed by atoms with Crippen LogP contribution in [0.4, 0.5) is 0 Å². The van der Waals surface area contributed by atoms with Crippen LogP contribution in [0.25, 0.3) is 0 Å². The normalized spacial score (nSPS) is 30.7. The lowest BCUT2D eigenvalue weighted by Gasteiger charge is -2.39. The Bertz CT molecular complexity index is 235. The summed E-state index contributed by atoms with van der Waals surface area (Å²) in [6.45, 7) is 5.11. The van der Waals surface area contributed by atoms with Gasteiger partial charge in [-0.15, -0.1) is 0 Å². The molecule has 0 spiro atoms. The molecule has 2 fully saturated rings. The summed E-state index contributed by atoms with van der Waals surface area (Å²) in [4.78, 5) is 2.66. The summed E-state index contributed by atoms with van der Waals surface area (Å²) in [6.07, 6.45) is 8.26. The maximum Gasteiger partial charge on any atom is 0.0589 e. The van der Waals surface area contributed by atoms with Gasteiger partial charge in [0.2, 0.25) is 0 Å². The van der Waals surface area contributed by atoms with Gasteiger partial charge >= 0.3 is 0 Å². The van der Waals surface area contributed by atoms with E-state index >= 15 is 0 Å². The molecular weight excluding hydrogens is 224 g/mol. The van der Waals surface area contributed by atoms with E-state index in [1.54, 1.807) is 7.11 Å². The molecule has 0 amide bonds.